The van der Waals surface area contributed by atoms with Crippen molar-refractivity contribution in [3.05, 3.63) is 42.0 Å². The Morgan fingerprint density at radius 3 is 2.39 bits per heavy atom. The summed E-state index contributed by atoms with van der Waals surface area (Å²) < 4.78 is 0. The molecule has 1 atom stereocenters. The van der Waals surface area contributed by atoms with Crippen molar-refractivity contribution in [1.29, 1.82) is 0 Å². The van der Waals surface area contributed by atoms with E-state index in [4.69, 9.17) is 0 Å². The van der Waals surface area contributed by atoms with Crippen LogP contribution >= 0.6 is 0 Å². The fourth-order valence-corrected chi connectivity index (χ4v) is 2.38. The van der Waals surface area contributed by atoms with Crippen molar-refractivity contribution < 1.29 is 0 Å². The van der Waals surface area contributed by atoms with Gasteiger partial charge in [-0.3, -0.25) is 0 Å². The van der Waals surface area contributed by atoms with Gasteiger partial charge in [-0.25, -0.2) is 0 Å². The molecule has 1 heteroatoms. The van der Waals surface area contributed by atoms with Crippen molar-refractivity contribution in [1.82, 2.24) is 5.32 Å². The van der Waals surface area contributed by atoms with Crippen molar-refractivity contribution in [3.63, 3.8) is 0 Å². The molecule has 0 aromatic heterocycles. The molecule has 1 nitrogen and oxygen atoms in total. The Morgan fingerprint density at radius 2 is 1.83 bits per heavy atom. The molecule has 0 aliphatic carbocycles. The summed E-state index contributed by atoms with van der Waals surface area (Å²) in [7, 11) is 2.01. The lowest BCUT2D eigenvalue weighted by Gasteiger charge is -2.13. The Kier molecular flexibility index (Phi) is 6.74. The van der Waals surface area contributed by atoms with Crippen LogP contribution in [0.25, 0.3) is 5.57 Å². The van der Waals surface area contributed by atoms with Crippen molar-refractivity contribution in [2.75, 3.05) is 13.6 Å². The molecule has 100 valence electrons. The summed E-state index contributed by atoms with van der Waals surface area (Å²) in [5.41, 5.74) is 2.75. The van der Waals surface area contributed by atoms with Gasteiger partial charge in [0.25, 0.3) is 0 Å². The van der Waals surface area contributed by atoms with Gasteiger partial charge in [0.1, 0.15) is 0 Å². The van der Waals surface area contributed by atoms with Gasteiger partial charge in [0, 0.05) is 6.54 Å². The second-order valence-electron chi connectivity index (χ2n) is 5.60. The highest BCUT2D eigenvalue weighted by Crippen LogP contribution is 2.19. The number of likely N-dealkylation sites (N-methyl/N-ethyl adjacent to an activating group) is 1. The SMILES string of the molecule is CNC/C(=C\CC(C)CC(C)C)c1ccccc1. The lowest BCUT2D eigenvalue weighted by Crippen LogP contribution is -2.10. The van der Waals surface area contributed by atoms with E-state index in [-0.39, 0.29) is 0 Å². The molecule has 0 radical (unpaired) electrons. The second kappa shape index (κ2) is 8.10. The Balaban J connectivity index is 2.67. The molecule has 18 heavy (non-hydrogen) atoms. The third-order valence-corrected chi connectivity index (χ3v) is 3.15. The van der Waals surface area contributed by atoms with E-state index in [1.807, 2.05) is 7.05 Å². The second-order valence-corrected chi connectivity index (χ2v) is 5.60. The molecule has 0 saturated heterocycles. The zero-order valence-electron chi connectivity index (χ0n) is 12.2. The first-order chi connectivity index (χ1) is 8.63. The monoisotopic (exact) mass is 245 g/mol. The Labute approximate surface area is 112 Å². The summed E-state index contributed by atoms with van der Waals surface area (Å²) in [6, 6.07) is 10.7. The van der Waals surface area contributed by atoms with Gasteiger partial charge in [-0.15, -0.1) is 0 Å². The number of rotatable bonds is 7. The summed E-state index contributed by atoms with van der Waals surface area (Å²) in [5, 5.41) is 3.26. The molecular formula is C17H27N. The highest BCUT2D eigenvalue weighted by Gasteiger charge is 2.05. The number of hydrogen-bond donors (Lipinski definition) is 1. The van der Waals surface area contributed by atoms with E-state index in [1.54, 1.807) is 0 Å². The largest absolute Gasteiger partial charge is 0.316 e. The zero-order chi connectivity index (χ0) is 13.4. The third-order valence-electron chi connectivity index (χ3n) is 3.15. The summed E-state index contributed by atoms with van der Waals surface area (Å²) in [4.78, 5) is 0. The summed E-state index contributed by atoms with van der Waals surface area (Å²) >= 11 is 0. The maximum atomic E-state index is 3.26. The summed E-state index contributed by atoms with van der Waals surface area (Å²) in [6.45, 7) is 7.88. The molecule has 0 spiro atoms. The molecule has 0 fully saturated rings. The lowest BCUT2D eigenvalue weighted by atomic mass is 9.94. The van der Waals surface area contributed by atoms with Crippen LogP contribution < -0.4 is 5.32 Å². The van der Waals surface area contributed by atoms with Crippen LogP contribution in [0.2, 0.25) is 0 Å². The minimum atomic E-state index is 0.764. The Morgan fingerprint density at radius 1 is 1.17 bits per heavy atom. The first-order valence-corrected chi connectivity index (χ1v) is 7.02. The maximum absolute atomic E-state index is 3.26. The van der Waals surface area contributed by atoms with Crippen LogP contribution in [0.5, 0.6) is 0 Å². The molecule has 1 rings (SSSR count). The molecule has 1 aromatic rings. The molecule has 1 N–H and O–H groups in total. The maximum Gasteiger partial charge on any atom is 0.0205 e. The quantitative estimate of drug-likeness (QED) is 0.752. The minimum absolute atomic E-state index is 0.764. The van der Waals surface area contributed by atoms with Gasteiger partial charge in [-0.2, -0.15) is 0 Å². The average molecular weight is 245 g/mol. The minimum Gasteiger partial charge on any atom is -0.316 e. The first-order valence-electron chi connectivity index (χ1n) is 7.02. The van der Waals surface area contributed by atoms with E-state index in [1.165, 1.54) is 24.0 Å². The van der Waals surface area contributed by atoms with Crippen molar-refractivity contribution in [2.45, 2.75) is 33.6 Å². The Bertz CT molecular complexity index is 351. The molecule has 0 amide bonds. The van der Waals surface area contributed by atoms with E-state index >= 15 is 0 Å². The Hall–Kier alpha value is -1.08. The number of hydrogen-bond acceptors (Lipinski definition) is 1. The van der Waals surface area contributed by atoms with Crippen molar-refractivity contribution in [2.24, 2.45) is 11.8 Å². The molecular weight excluding hydrogens is 218 g/mol. The molecule has 0 aliphatic rings. The van der Waals surface area contributed by atoms with Crippen LogP contribution in [0.1, 0.15) is 39.2 Å². The van der Waals surface area contributed by atoms with Gasteiger partial charge >= 0.3 is 0 Å². The smallest absolute Gasteiger partial charge is 0.0205 e. The fraction of sp³-hybridized carbons (Fsp3) is 0.529. The normalized spacial score (nSPS) is 13.9. The van der Waals surface area contributed by atoms with Gasteiger partial charge < -0.3 is 5.32 Å². The number of allylic oxidation sites excluding steroid dienone is 1. The van der Waals surface area contributed by atoms with Gasteiger partial charge in [-0.05, 0) is 42.9 Å². The van der Waals surface area contributed by atoms with Crippen LogP contribution in [0.4, 0.5) is 0 Å². The third kappa shape index (κ3) is 5.50. The molecule has 1 unspecified atom stereocenters. The van der Waals surface area contributed by atoms with Gasteiger partial charge in [0.15, 0.2) is 0 Å². The highest BCUT2D eigenvalue weighted by atomic mass is 14.8. The first kappa shape index (κ1) is 15.0. The van der Waals surface area contributed by atoms with Crippen LogP contribution in [-0.2, 0) is 0 Å². The molecule has 0 aliphatic heterocycles. The predicted molar refractivity (Wildman–Crippen MR) is 81.6 cm³/mol. The highest BCUT2D eigenvalue weighted by molar-refractivity contribution is 5.66. The predicted octanol–water partition coefficient (Wildman–Crippen LogP) is 4.36. The molecule has 1 aromatic carbocycles. The van der Waals surface area contributed by atoms with Crippen LogP contribution in [-0.4, -0.2) is 13.6 Å². The topological polar surface area (TPSA) is 12.0 Å². The van der Waals surface area contributed by atoms with E-state index in [0.29, 0.717) is 0 Å². The average Bonchev–Trinajstić information content (AvgIpc) is 2.34. The summed E-state index contributed by atoms with van der Waals surface area (Å²) in [5.74, 6) is 1.55. The van der Waals surface area contributed by atoms with E-state index in [2.05, 4.69) is 62.5 Å². The molecule has 0 heterocycles. The van der Waals surface area contributed by atoms with Crippen LogP contribution in [0.3, 0.4) is 0 Å². The van der Waals surface area contributed by atoms with Crippen LogP contribution in [0.15, 0.2) is 36.4 Å². The lowest BCUT2D eigenvalue weighted by molar-refractivity contribution is 0.443. The van der Waals surface area contributed by atoms with Gasteiger partial charge in [0.05, 0.1) is 0 Å². The van der Waals surface area contributed by atoms with Crippen molar-refractivity contribution >= 4 is 5.57 Å². The van der Waals surface area contributed by atoms with Gasteiger partial charge in [-0.1, -0.05) is 57.2 Å². The van der Waals surface area contributed by atoms with E-state index in [0.717, 1.165) is 18.4 Å². The van der Waals surface area contributed by atoms with Gasteiger partial charge in [0.2, 0.25) is 0 Å². The number of nitrogens with one attached hydrogen (secondary N) is 1. The number of benzene rings is 1. The standard InChI is InChI=1S/C17H27N/c1-14(2)12-15(3)10-11-17(13-18-4)16-8-6-5-7-9-16/h5-9,11,14-15,18H,10,12-13H2,1-4H3/b17-11+. The summed E-state index contributed by atoms with van der Waals surface area (Å²) in [6.07, 6.45) is 4.88. The molecule has 0 bridgehead atoms. The zero-order valence-corrected chi connectivity index (χ0v) is 12.2. The van der Waals surface area contributed by atoms with E-state index in [9.17, 15) is 0 Å². The molecule has 0 saturated carbocycles. The van der Waals surface area contributed by atoms with E-state index < -0.39 is 0 Å². The fourth-order valence-electron chi connectivity index (χ4n) is 2.38. The van der Waals surface area contributed by atoms with Crippen LogP contribution in [0, 0.1) is 11.8 Å². The van der Waals surface area contributed by atoms with Crippen molar-refractivity contribution in [3.8, 4) is 0 Å².